The highest BCUT2D eigenvalue weighted by Gasteiger charge is 2.15. The number of carbonyl (C=O) groups excluding carboxylic acids is 2. The molecule has 0 saturated carbocycles. The maximum atomic E-state index is 12.2. The van der Waals surface area contributed by atoms with Gasteiger partial charge in [0.1, 0.15) is 0 Å². The lowest BCUT2D eigenvalue weighted by Gasteiger charge is -2.08. The summed E-state index contributed by atoms with van der Waals surface area (Å²) in [5.41, 5.74) is 6.36. The Morgan fingerprint density at radius 2 is 1.88 bits per heavy atom. The molecule has 0 aromatic heterocycles. The van der Waals surface area contributed by atoms with Crippen LogP contribution in [0.1, 0.15) is 27.6 Å². The van der Waals surface area contributed by atoms with E-state index in [4.69, 9.17) is 10.5 Å². The Morgan fingerprint density at radius 1 is 1.21 bits per heavy atom. The number of carbonyl (C=O) groups is 2. The van der Waals surface area contributed by atoms with Gasteiger partial charge in [-0.15, -0.1) is 0 Å². The van der Waals surface area contributed by atoms with E-state index in [2.05, 4.69) is 5.32 Å². The van der Waals surface area contributed by atoms with E-state index in [1.807, 2.05) is 0 Å². The number of ether oxygens (including phenoxy) is 1. The molecule has 0 heterocycles. The first-order valence-electron chi connectivity index (χ1n) is 7.04. The second-order valence-corrected chi connectivity index (χ2v) is 4.78. The van der Waals surface area contributed by atoms with Crippen LogP contribution < -0.4 is 11.1 Å². The predicted octanol–water partition coefficient (Wildman–Crippen LogP) is 2.61. The molecule has 0 fully saturated rings. The normalized spacial score (nSPS) is 10.0. The zero-order valence-electron chi connectivity index (χ0n) is 12.8. The lowest BCUT2D eigenvalue weighted by Crippen LogP contribution is -2.14. The summed E-state index contributed by atoms with van der Waals surface area (Å²) in [6.07, 6.45) is 0. The Morgan fingerprint density at radius 3 is 2.46 bits per heavy atom. The van der Waals surface area contributed by atoms with E-state index >= 15 is 0 Å². The summed E-state index contributed by atoms with van der Waals surface area (Å²) in [4.78, 5) is 34.0. The molecular weight excluding hydrogens is 314 g/mol. The Hall–Kier alpha value is -3.42. The van der Waals surface area contributed by atoms with Gasteiger partial charge in [0.15, 0.2) is 0 Å². The molecule has 0 atom stereocenters. The summed E-state index contributed by atoms with van der Waals surface area (Å²) in [7, 11) is 0. The lowest BCUT2D eigenvalue weighted by molar-refractivity contribution is -0.384. The fourth-order valence-corrected chi connectivity index (χ4v) is 1.96. The van der Waals surface area contributed by atoms with E-state index in [9.17, 15) is 19.7 Å². The molecule has 0 bridgehead atoms. The van der Waals surface area contributed by atoms with Gasteiger partial charge < -0.3 is 15.8 Å². The largest absolute Gasteiger partial charge is 0.462 e. The number of esters is 1. The molecule has 8 nitrogen and oxygen atoms in total. The molecule has 0 aliphatic carbocycles. The van der Waals surface area contributed by atoms with Crippen LogP contribution in [-0.2, 0) is 4.74 Å². The molecule has 1 amide bonds. The Labute approximate surface area is 137 Å². The third-order valence-corrected chi connectivity index (χ3v) is 3.15. The van der Waals surface area contributed by atoms with Crippen LogP contribution in [0.15, 0.2) is 42.5 Å². The van der Waals surface area contributed by atoms with Gasteiger partial charge in [-0.25, -0.2) is 4.79 Å². The molecule has 8 heteroatoms. The first kappa shape index (κ1) is 16.9. The van der Waals surface area contributed by atoms with Gasteiger partial charge in [-0.05, 0) is 37.3 Å². The van der Waals surface area contributed by atoms with Crippen molar-refractivity contribution in [2.75, 3.05) is 17.7 Å². The molecule has 0 aliphatic heterocycles. The van der Waals surface area contributed by atoms with E-state index in [0.29, 0.717) is 11.3 Å². The molecule has 2 aromatic carbocycles. The zero-order valence-corrected chi connectivity index (χ0v) is 12.8. The zero-order chi connectivity index (χ0) is 17.7. The number of nitro benzene ring substituents is 1. The number of non-ortho nitro benzene ring substituents is 1. The average Bonchev–Trinajstić information content (AvgIpc) is 2.55. The highest BCUT2D eigenvalue weighted by Crippen LogP contribution is 2.21. The fourth-order valence-electron chi connectivity index (χ4n) is 1.96. The average molecular weight is 329 g/mol. The number of amides is 1. The van der Waals surface area contributed by atoms with Gasteiger partial charge in [-0.1, -0.05) is 0 Å². The van der Waals surface area contributed by atoms with Gasteiger partial charge in [0.05, 0.1) is 22.7 Å². The molecule has 2 aromatic rings. The summed E-state index contributed by atoms with van der Waals surface area (Å²) in [6, 6.07) is 9.69. The summed E-state index contributed by atoms with van der Waals surface area (Å²) in [5.74, 6) is -1.04. The Bertz CT molecular complexity index is 787. The van der Waals surface area contributed by atoms with Crippen LogP contribution in [0.25, 0.3) is 0 Å². The van der Waals surface area contributed by atoms with Crippen LogP contribution >= 0.6 is 0 Å². The summed E-state index contributed by atoms with van der Waals surface area (Å²) in [5, 5.41) is 13.4. The number of nitrogens with one attached hydrogen (secondary N) is 1. The molecule has 124 valence electrons. The van der Waals surface area contributed by atoms with Crippen molar-refractivity contribution in [3.05, 3.63) is 63.7 Å². The second kappa shape index (κ2) is 7.23. The van der Waals surface area contributed by atoms with Crippen molar-refractivity contribution in [2.45, 2.75) is 6.92 Å². The Balaban J connectivity index is 2.16. The predicted molar refractivity (Wildman–Crippen MR) is 87.9 cm³/mol. The first-order valence-corrected chi connectivity index (χ1v) is 7.04. The fraction of sp³-hybridized carbons (Fsp3) is 0.125. The highest BCUT2D eigenvalue weighted by atomic mass is 16.6. The van der Waals surface area contributed by atoms with Gasteiger partial charge in [0.2, 0.25) is 0 Å². The quantitative estimate of drug-likeness (QED) is 0.376. The maximum absolute atomic E-state index is 12.2. The number of hydrogen-bond acceptors (Lipinski definition) is 6. The minimum absolute atomic E-state index is 0.00123. The standard InChI is InChI=1S/C16H15N3O5/c1-2-24-16(21)10-3-5-11(6-4-10)18-15(20)13-9-12(19(22)23)7-8-14(13)17/h3-9H,2,17H2,1H3,(H,18,20). The highest BCUT2D eigenvalue weighted by molar-refractivity contribution is 6.08. The van der Waals surface area contributed by atoms with Crippen LogP contribution in [0, 0.1) is 10.1 Å². The minimum Gasteiger partial charge on any atom is -0.462 e. The number of anilines is 2. The summed E-state index contributed by atoms with van der Waals surface area (Å²) < 4.78 is 4.86. The SMILES string of the molecule is CCOC(=O)c1ccc(NC(=O)c2cc([N+](=O)[O-])ccc2N)cc1. The third-order valence-electron chi connectivity index (χ3n) is 3.15. The van der Waals surface area contributed by atoms with Crippen LogP contribution in [-0.4, -0.2) is 23.4 Å². The second-order valence-electron chi connectivity index (χ2n) is 4.78. The van der Waals surface area contributed by atoms with Gasteiger partial charge in [0.25, 0.3) is 11.6 Å². The smallest absolute Gasteiger partial charge is 0.338 e. The maximum Gasteiger partial charge on any atom is 0.338 e. The summed E-state index contributed by atoms with van der Waals surface area (Å²) >= 11 is 0. The van der Waals surface area contributed by atoms with Gasteiger partial charge in [-0.2, -0.15) is 0 Å². The van der Waals surface area contributed by atoms with Crippen LogP contribution in [0.3, 0.4) is 0 Å². The Kier molecular flexibility index (Phi) is 5.10. The van der Waals surface area contributed by atoms with E-state index in [1.165, 1.54) is 36.4 Å². The lowest BCUT2D eigenvalue weighted by atomic mass is 10.1. The number of rotatable bonds is 5. The van der Waals surface area contributed by atoms with E-state index in [0.717, 1.165) is 6.07 Å². The molecule has 0 aliphatic rings. The molecule has 24 heavy (non-hydrogen) atoms. The van der Waals surface area contributed by atoms with Crippen molar-refractivity contribution < 1.29 is 19.2 Å². The van der Waals surface area contributed by atoms with Crippen molar-refractivity contribution in [1.29, 1.82) is 0 Å². The number of nitro groups is 1. The molecular formula is C16H15N3O5. The monoisotopic (exact) mass is 329 g/mol. The summed E-state index contributed by atoms with van der Waals surface area (Å²) in [6.45, 7) is 1.97. The third kappa shape index (κ3) is 3.86. The number of nitrogen functional groups attached to an aromatic ring is 1. The molecule has 0 spiro atoms. The van der Waals surface area contributed by atoms with E-state index < -0.39 is 16.8 Å². The van der Waals surface area contributed by atoms with Gasteiger partial charge in [-0.3, -0.25) is 14.9 Å². The van der Waals surface area contributed by atoms with Crippen LogP contribution in [0.5, 0.6) is 0 Å². The van der Waals surface area contributed by atoms with Crippen molar-refractivity contribution in [3.63, 3.8) is 0 Å². The first-order chi connectivity index (χ1) is 11.4. The number of nitrogens with zero attached hydrogens (tertiary/aromatic N) is 1. The molecule has 2 rings (SSSR count). The molecule has 0 unspecified atom stereocenters. The van der Waals surface area contributed by atoms with Gasteiger partial charge in [0, 0.05) is 23.5 Å². The van der Waals surface area contributed by atoms with E-state index in [1.54, 1.807) is 6.92 Å². The number of benzene rings is 2. The molecule has 3 N–H and O–H groups in total. The van der Waals surface area contributed by atoms with Crippen LogP contribution in [0.4, 0.5) is 17.1 Å². The van der Waals surface area contributed by atoms with Crippen molar-refractivity contribution in [3.8, 4) is 0 Å². The van der Waals surface area contributed by atoms with Crippen molar-refractivity contribution in [1.82, 2.24) is 0 Å². The van der Waals surface area contributed by atoms with Crippen molar-refractivity contribution >= 4 is 28.9 Å². The molecule has 0 saturated heterocycles. The number of nitrogens with two attached hydrogens (primary N) is 1. The van der Waals surface area contributed by atoms with E-state index in [-0.39, 0.29) is 23.5 Å². The van der Waals surface area contributed by atoms with Gasteiger partial charge >= 0.3 is 5.97 Å². The van der Waals surface area contributed by atoms with Crippen LogP contribution in [0.2, 0.25) is 0 Å². The van der Waals surface area contributed by atoms with Crippen molar-refractivity contribution in [2.24, 2.45) is 0 Å². The number of hydrogen-bond donors (Lipinski definition) is 2. The minimum atomic E-state index is -0.607. The topological polar surface area (TPSA) is 125 Å². The molecule has 0 radical (unpaired) electrons.